The summed E-state index contributed by atoms with van der Waals surface area (Å²) in [7, 11) is 1.37. The summed E-state index contributed by atoms with van der Waals surface area (Å²) >= 11 is 6.87. The van der Waals surface area contributed by atoms with Gasteiger partial charge in [-0.1, -0.05) is 88.7 Å². The molecule has 0 saturated carbocycles. The van der Waals surface area contributed by atoms with Crippen molar-refractivity contribution < 1.29 is 9.53 Å². The zero-order chi connectivity index (χ0) is 19.0. The van der Waals surface area contributed by atoms with Gasteiger partial charge >= 0.3 is 5.97 Å². The number of unbranched alkanes of at least 4 members (excludes halogenated alkanes) is 9. The van der Waals surface area contributed by atoms with Crippen molar-refractivity contribution in [1.29, 1.82) is 5.26 Å². The van der Waals surface area contributed by atoms with E-state index in [2.05, 4.69) is 17.7 Å². The summed E-state index contributed by atoms with van der Waals surface area (Å²) in [5.74, 6) is -0.275. The van der Waals surface area contributed by atoms with E-state index in [1.807, 2.05) is 6.92 Å². The average molecular weight is 386 g/mol. The third kappa shape index (κ3) is 14.3. The SMILES string of the molecule is CCCCCCCCCCCCC(=S)SC(C)(C#N)CCC(=O)OC. The van der Waals surface area contributed by atoms with Gasteiger partial charge in [0.05, 0.1) is 13.2 Å². The first-order valence-corrected chi connectivity index (χ1v) is 10.9. The molecule has 1 unspecified atom stereocenters. The molecular weight excluding hydrogens is 350 g/mol. The maximum atomic E-state index is 11.3. The van der Waals surface area contributed by atoms with E-state index in [0.29, 0.717) is 6.42 Å². The van der Waals surface area contributed by atoms with Gasteiger partial charge in [0.25, 0.3) is 0 Å². The van der Waals surface area contributed by atoms with Crippen molar-refractivity contribution in [2.45, 2.75) is 102 Å². The van der Waals surface area contributed by atoms with Crippen molar-refractivity contribution >= 4 is 34.1 Å². The van der Waals surface area contributed by atoms with E-state index < -0.39 is 4.75 Å². The third-order valence-corrected chi connectivity index (χ3v) is 5.98. The van der Waals surface area contributed by atoms with Gasteiger partial charge in [-0.05, 0) is 26.2 Å². The smallest absolute Gasteiger partial charge is 0.305 e. The number of thioether (sulfide) groups is 1. The van der Waals surface area contributed by atoms with Gasteiger partial charge in [0, 0.05) is 10.6 Å². The second kappa shape index (κ2) is 15.6. The number of carbonyl (C=O) groups is 1. The van der Waals surface area contributed by atoms with Crippen molar-refractivity contribution in [3.63, 3.8) is 0 Å². The lowest BCUT2D eigenvalue weighted by atomic mass is 10.1. The van der Waals surface area contributed by atoms with Gasteiger partial charge in [-0.15, -0.1) is 0 Å². The summed E-state index contributed by atoms with van der Waals surface area (Å²) < 4.78 is 4.89. The van der Waals surface area contributed by atoms with Crippen LogP contribution in [0.25, 0.3) is 0 Å². The highest BCUT2D eigenvalue weighted by Gasteiger charge is 2.27. The molecular formula is C20H35NO2S2. The van der Waals surface area contributed by atoms with Crippen LogP contribution in [0.15, 0.2) is 0 Å². The Balaban J connectivity index is 3.74. The molecule has 25 heavy (non-hydrogen) atoms. The van der Waals surface area contributed by atoms with Crippen molar-refractivity contribution in [3.8, 4) is 6.07 Å². The number of hydrogen-bond donors (Lipinski definition) is 0. The molecule has 3 nitrogen and oxygen atoms in total. The fraction of sp³-hybridized carbons (Fsp3) is 0.850. The number of ether oxygens (including phenoxy) is 1. The van der Waals surface area contributed by atoms with Crippen LogP contribution in [0.2, 0.25) is 0 Å². The summed E-state index contributed by atoms with van der Waals surface area (Å²) in [6.45, 7) is 4.10. The van der Waals surface area contributed by atoms with Crippen LogP contribution in [0.5, 0.6) is 0 Å². The Labute approximate surface area is 164 Å². The Morgan fingerprint density at radius 2 is 1.56 bits per heavy atom. The molecule has 144 valence electrons. The minimum Gasteiger partial charge on any atom is -0.469 e. The maximum Gasteiger partial charge on any atom is 0.305 e. The first kappa shape index (κ1) is 24.4. The van der Waals surface area contributed by atoms with Gasteiger partial charge < -0.3 is 4.74 Å². The largest absolute Gasteiger partial charge is 0.469 e. The fourth-order valence-electron chi connectivity index (χ4n) is 2.63. The minimum absolute atomic E-state index is 0.258. The molecule has 0 N–H and O–H groups in total. The van der Waals surface area contributed by atoms with Gasteiger partial charge in [-0.2, -0.15) is 5.26 Å². The van der Waals surface area contributed by atoms with Crippen LogP contribution in [-0.2, 0) is 9.53 Å². The summed E-state index contributed by atoms with van der Waals surface area (Å²) in [6.07, 6.45) is 14.7. The Morgan fingerprint density at radius 3 is 2.04 bits per heavy atom. The first-order chi connectivity index (χ1) is 12.0. The predicted octanol–water partition coefficient (Wildman–Crippen LogP) is 6.59. The van der Waals surface area contributed by atoms with Crippen LogP contribution in [-0.4, -0.2) is 22.0 Å². The molecule has 5 heteroatoms. The van der Waals surface area contributed by atoms with Crippen LogP contribution < -0.4 is 0 Å². The number of hydrogen-bond acceptors (Lipinski definition) is 5. The van der Waals surface area contributed by atoms with Gasteiger partial charge in [0.2, 0.25) is 0 Å². The summed E-state index contributed by atoms with van der Waals surface area (Å²) in [6, 6.07) is 2.30. The van der Waals surface area contributed by atoms with Crippen LogP contribution in [0.3, 0.4) is 0 Å². The van der Waals surface area contributed by atoms with Gasteiger partial charge in [0.1, 0.15) is 4.75 Å². The molecule has 0 bridgehead atoms. The minimum atomic E-state index is -0.635. The van der Waals surface area contributed by atoms with Crippen LogP contribution >= 0.6 is 24.0 Å². The van der Waals surface area contributed by atoms with E-state index in [1.165, 1.54) is 76.7 Å². The van der Waals surface area contributed by atoms with Crippen molar-refractivity contribution in [2.24, 2.45) is 0 Å². The number of nitriles is 1. The quantitative estimate of drug-likeness (QED) is 0.181. The van der Waals surface area contributed by atoms with Crippen molar-refractivity contribution in [2.75, 3.05) is 7.11 Å². The number of nitrogens with zero attached hydrogens (tertiary/aromatic N) is 1. The van der Waals surface area contributed by atoms with E-state index in [0.717, 1.165) is 17.0 Å². The standard InChI is InChI=1S/C20H35NO2S2/c1-4-5-6-7-8-9-10-11-12-13-14-19(24)25-20(2,17-21)16-15-18(22)23-3/h4-16H2,1-3H3. The van der Waals surface area contributed by atoms with E-state index in [4.69, 9.17) is 12.2 Å². The first-order valence-electron chi connectivity index (χ1n) is 9.67. The van der Waals surface area contributed by atoms with E-state index in [1.54, 1.807) is 0 Å². The molecule has 0 fully saturated rings. The highest BCUT2D eigenvalue weighted by Crippen LogP contribution is 2.32. The molecule has 0 radical (unpaired) electrons. The monoisotopic (exact) mass is 385 g/mol. The molecule has 0 aliphatic carbocycles. The van der Waals surface area contributed by atoms with Crippen LogP contribution in [0.1, 0.15) is 97.3 Å². The molecule has 1 atom stereocenters. The Kier molecular flexibility index (Phi) is 15.3. The Hall–Kier alpha value is -0.600. The lowest BCUT2D eigenvalue weighted by Crippen LogP contribution is -2.21. The van der Waals surface area contributed by atoms with E-state index in [-0.39, 0.29) is 12.4 Å². The highest BCUT2D eigenvalue weighted by molar-refractivity contribution is 8.24. The van der Waals surface area contributed by atoms with E-state index >= 15 is 0 Å². The summed E-state index contributed by atoms with van der Waals surface area (Å²) in [4.78, 5) is 11.3. The third-order valence-electron chi connectivity index (χ3n) is 4.34. The second-order valence-electron chi connectivity index (χ2n) is 6.82. The van der Waals surface area contributed by atoms with Crippen molar-refractivity contribution in [1.82, 2.24) is 0 Å². The predicted molar refractivity (Wildman–Crippen MR) is 112 cm³/mol. The molecule has 0 spiro atoms. The van der Waals surface area contributed by atoms with Crippen LogP contribution in [0, 0.1) is 11.3 Å². The number of methoxy groups -OCH3 is 1. The molecule has 0 rings (SSSR count). The van der Waals surface area contributed by atoms with Gasteiger partial charge in [0.15, 0.2) is 0 Å². The molecule has 0 aliphatic heterocycles. The van der Waals surface area contributed by atoms with Crippen LogP contribution in [0.4, 0.5) is 0 Å². The normalized spacial score (nSPS) is 13.0. The van der Waals surface area contributed by atoms with Gasteiger partial charge in [-0.3, -0.25) is 4.79 Å². The van der Waals surface area contributed by atoms with Crippen molar-refractivity contribution in [3.05, 3.63) is 0 Å². The fourth-order valence-corrected chi connectivity index (χ4v) is 4.33. The number of esters is 1. The molecule has 0 heterocycles. The Bertz CT molecular complexity index is 420. The molecule has 0 aliphatic rings. The number of rotatable bonds is 15. The second-order valence-corrected chi connectivity index (χ2v) is 9.17. The zero-order valence-electron chi connectivity index (χ0n) is 16.3. The molecule has 0 aromatic rings. The number of thiocarbonyl (C=S) groups is 1. The highest BCUT2D eigenvalue weighted by atomic mass is 32.2. The molecule has 0 aromatic heterocycles. The molecule has 0 amide bonds. The summed E-state index contributed by atoms with van der Waals surface area (Å²) in [5.41, 5.74) is 0. The topological polar surface area (TPSA) is 50.1 Å². The lowest BCUT2D eigenvalue weighted by Gasteiger charge is -2.20. The summed E-state index contributed by atoms with van der Waals surface area (Å²) in [5, 5.41) is 9.38. The molecule has 0 aromatic carbocycles. The van der Waals surface area contributed by atoms with E-state index in [9.17, 15) is 10.1 Å². The average Bonchev–Trinajstić information content (AvgIpc) is 2.61. The zero-order valence-corrected chi connectivity index (χ0v) is 17.9. The lowest BCUT2D eigenvalue weighted by molar-refractivity contribution is -0.140. The number of carbonyl (C=O) groups excluding carboxylic acids is 1. The van der Waals surface area contributed by atoms with Gasteiger partial charge in [-0.25, -0.2) is 0 Å². The molecule has 0 saturated heterocycles. The Morgan fingerprint density at radius 1 is 1.04 bits per heavy atom. The maximum absolute atomic E-state index is 11.3.